The van der Waals surface area contributed by atoms with Crippen molar-refractivity contribution in [2.45, 2.75) is 19.9 Å². The summed E-state index contributed by atoms with van der Waals surface area (Å²) >= 11 is 0. The average molecular weight is 236 g/mol. The van der Waals surface area contributed by atoms with E-state index in [0.29, 0.717) is 6.04 Å². The van der Waals surface area contributed by atoms with E-state index in [1.165, 1.54) is 11.3 Å². The maximum Gasteiger partial charge on any atom is 0.0637 e. The Morgan fingerprint density at radius 1 is 1.35 bits per heavy atom. The van der Waals surface area contributed by atoms with Gasteiger partial charge in [0.15, 0.2) is 0 Å². The predicted octanol–water partition coefficient (Wildman–Crippen LogP) is 2.44. The van der Waals surface area contributed by atoms with Gasteiger partial charge in [-0.1, -0.05) is 25.1 Å². The van der Waals surface area contributed by atoms with Crippen LogP contribution in [0.15, 0.2) is 24.3 Å². The van der Waals surface area contributed by atoms with Crippen molar-refractivity contribution in [3.63, 3.8) is 0 Å². The Kier molecular flexibility index (Phi) is 6.01. The molecular weight excluding hydrogens is 212 g/mol. The number of ether oxygens (including phenoxy) is 1. The zero-order valence-corrected chi connectivity index (χ0v) is 11.4. The van der Waals surface area contributed by atoms with Crippen LogP contribution in [0.4, 0.5) is 5.69 Å². The lowest BCUT2D eigenvalue weighted by atomic mass is 10.1. The number of nitrogens with zero attached hydrogens (tertiary/aromatic N) is 1. The van der Waals surface area contributed by atoms with Gasteiger partial charge in [0.2, 0.25) is 0 Å². The summed E-state index contributed by atoms with van der Waals surface area (Å²) in [6, 6.07) is 8.91. The average Bonchev–Trinajstić information content (AvgIpc) is 2.36. The Morgan fingerprint density at radius 3 is 2.71 bits per heavy atom. The molecule has 1 aromatic rings. The Morgan fingerprint density at radius 2 is 2.06 bits per heavy atom. The molecule has 0 saturated carbocycles. The van der Waals surface area contributed by atoms with Crippen LogP contribution in [0.25, 0.3) is 0 Å². The minimum atomic E-state index is 0.376. The highest BCUT2D eigenvalue weighted by atomic mass is 16.5. The van der Waals surface area contributed by atoms with E-state index >= 15 is 0 Å². The van der Waals surface area contributed by atoms with Crippen molar-refractivity contribution in [2.75, 3.05) is 38.8 Å². The molecule has 0 saturated heterocycles. The molecule has 3 heteroatoms. The molecule has 0 fully saturated rings. The quantitative estimate of drug-likeness (QED) is 0.787. The third kappa shape index (κ3) is 4.02. The van der Waals surface area contributed by atoms with Crippen LogP contribution in [0.2, 0.25) is 0 Å². The molecule has 1 atom stereocenters. The number of nitrogens with one attached hydrogen (secondary N) is 1. The maximum atomic E-state index is 5.12. The highest BCUT2D eigenvalue weighted by Gasteiger charge is 2.11. The van der Waals surface area contributed by atoms with Crippen molar-refractivity contribution in [1.29, 1.82) is 0 Å². The SMILES string of the molecule is CCNC(C)c1ccccc1N(C)CCOC. The third-order valence-corrected chi connectivity index (χ3v) is 2.96. The van der Waals surface area contributed by atoms with Gasteiger partial charge < -0.3 is 15.0 Å². The van der Waals surface area contributed by atoms with Crippen LogP contribution < -0.4 is 10.2 Å². The Balaban J connectivity index is 2.83. The normalized spacial score (nSPS) is 12.5. The van der Waals surface area contributed by atoms with Gasteiger partial charge in [-0.15, -0.1) is 0 Å². The van der Waals surface area contributed by atoms with Crippen LogP contribution in [-0.4, -0.2) is 33.9 Å². The van der Waals surface area contributed by atoms with Gasteiger partial charge in [0, 0.05) is 32.4 Å². The number of benzene rings is 1. The van der Waals surface area contributed by atoms with E-state index in [-0.39, 0.29) is 0 Å². The summed E-state index contributed by atoms with van der Waals surface area (Å²) in [7, 11) is 3.84. The molecule has 1 unspecified atom stereocenters. The van der Waals surface area contributed by atoms with E-state index in [1.807, 2.05) is 0 Å². The van der Waals surface area contributed by atoms with Crippen molar-refractivity contribution >= 4 is 5.69 Å². The van der Waals surface area contributed by atoms with Crippen LogP contribution in [-0.2, 0) is 4.74 Å². The molecule has 1 N–H and O–H groups in total. The number of rotatable bonds is 7. The molecule has 0 amide bonds. The standard InChI is InChI=1S/C14H24N2O/c1-5-15-12(2)13-8-6-7-9-14(13)16(3)10-11-17-4/h6-9,12,15H,5,10-11H2,1-4H3. The van der Waals surface area contributed by atoms with Gasteiger partial charge in [-0.2, -0.15) is 0 Å². The number of methoxy groups -OCH3 is 1. The summed E-state index contributed by atoms with van der Waals surface area (Å²) in [6.07, 6.45) is 0. The van der Waals surface area contributed by atoms with Crippen molar-refractivity contribution in [3.8, 4) is 0 Å². The lowest BCUT2D eigenvalue weighted by Gasteiger charge is -2.25. The highest BCUT2D eigenvalue weighted by molar-refractivity contribution is 5.54. The smallest absolute Gasteiger partial charge is 0.0637 e. The molecule has 1 rings (SSSR count). The van der Waals surface area contributed by atoms with E-state index in [0.717, 1.165) is 19.7 Å². The lowest BCUT2D eigenvalue weighted by Crippen LogP contribution is -2.26. The molecule has 0 heterocycles. The number of anilines is 1. The van der Waals surface area contributed by atoms with E-state index in [9.17, 15) is 0 Å². The monoisotopic (exact) mass is 236 g/mol. The Hall–Kier alpha value is -1.06. The molecule has 3 nitrogen and oxygen atoms in total. The molecule has 0 aliphatic heterocycles. The topological polar surface area (TPSA) is 24.5 Å². The fraction of sp³-hybridized carbons (Fsp3) is 0.571. The molecule has 0 aromatic heterocycles. The zero-order chi connectivity index (χ0) is 12.7. The summed E-state index contributed by atoms with van der Waals surface area (Å²) in [5, 5.41) is 3.46. The number of likely N-dealkylation sites (N-methyl/N-ethyl adjacent to an activating group) is 1. The lowest BCUT2D eigenvalue weighted by molar-refractivity contribution is 0.206. The Labute approximate surface area is 105 Å². The first-order chi connectivity index (χ1) is 8.20. The van der Waals surface area contributed by atoms with Crippen molar-refractivity contribution in [2.24, 2.45) is 0 Å². The molecule has 0 radical (unpaired) electrons. The molecular formula is C14H24N2O. The van der Waals surface area contributed by atoms with Crippen LogP contribution in [0.3, 0.4) is 0 Å². The van der Waals surface area contributed by atoms with Gasteiger partial charge in [-0.3, -0.25) is 0 Å². The van der Waals surface area contributed by atoms with Crippen LogP contribution >= 0.6 is 0 Å². The minimum Gasteiger partial charge on any atom is -0.383 e. The van der Waals surface area contributed by atoms with Crippen molar-refractivity contribution in [3.05, 3.63) is 29.8 Å². The van der Waals surface area contributed by atoms with E-state index < -0.39 is 0 Å². The first kappa shape index (κ1) is 14.0. The fourth-order valence-corrected chi connectivity index (χ4v) is 1.97. The summed E-state index contributed by atoms with van der Waals surface area (Å²) in [5.41, 5.74) is 2.62. The largest absolute Gasteiger partial charge is 0.383 e. The van der Waals surface area contributed by atoms with Gasteiger partial charge in [0.25, 0.3) is 0 Å². The van der Waals surface area contributed by atoms with Gasteiger partial charge in [0.05, 0.1) is 6.61 Å². The van der Waals surface area contributed by atoms with Gasteiger partial charge >= 0.3 is 0 Å². The number of hydrogen-bond acceptors (Lipinski definition) is 3. The predicted molar refractivity (Wildman–Crippen MR) is 73.7 cm³/mol. The summed E-state index contributed by atoms with van der Waals surface area (Å²) in [6.45, 7) is 6.98. The maximum absolute atomic E-state index is 5.12. The molecule has 0 aliphatic rings. The van der Waals surface area contributed by atoms with E-state index in [2.05, 4.69) is 55.4 Å². The Bertz CT molecular complexity index is 328. The summed E-state index contributed by atoms with van der Waals surface area (Å²) in [5.74, 6) is 0. The number of para-hydroxylation sites is 1. The van der Waals surface area contributed by atoms with E-state index in [1.54, 1.807) is 7.11 Å². The molecule has 1 aromatic carbocycles. The summed E-state index contributed by atoms with van der Waals surface area (Å²) < 4.78 is 5.12. The van der Waals surface area contributed by atoms with Crippen molar-refractivity contribution < 1.29 is 4.74 Å². The van der Waals surface area contributed by atoms with Gasteiger partial charge in [0.1, 0.15) is 0 Å². The molecule has 0 spiro atoms. The minimum absolute atomic E-state index is 0.376. The fourth-order valence-electron chi connectivity index (χ4n) is 1.97. The molecule has 17 heavy (non-hydrogen) atoms. The second kappa shape index (κ2) is 7.30. The zero-order valence-electron chi connectivity index (χ0n) is 11.4. The van der Waals surface area contributed by atoms with Crippen molar-refractivity contribution in [1.82, 2.24) is 5.32 Å². The van der Waals surface area contributed by atoms with Gasteiger partial charge in [-0.05, 0) is 25.1 Å². The molecule has 0 aliphatic carbocycles. The molecule has 0 bridgehead atoms. The summed E-state index contributed by atoms with van der Waals surface area (Å²) in [4.78, 5) is 2.24. The van der Waals surface area contributed by atoms with Crippen LogP contribution in [0.5, 0.6) is 0 Å². The van der Waals surface area contributed by atoms with Crippen LogP contribution in [0, 0.1) is 0 Å². The highest BCUT2D eigenvalue weighted by Crippen LogP contribution is 2.25. The molecule has 96 valence electrons. The second-order valence-electron chi connectivity index (χ2n) is 4.25. The van der Waals surface area contributed by atoms with E-state index in [4.69, 9.17) is 4.74 Å². The first-order valence-electron chi connectivity index (χ1n) is 6.23. The second-order valence-corrected chi connectivity index (χ2v) is 4.25. The number of hydrogen-bond donors (Lipinski definition) is 1. The van der Waals surface area contributed by atoms with Crippen LogP contribution in [0.1, 0.15) is 25.5 Å². The third-order valence-electron chi connectivity index (χ3n) is 2.96. The first-order valence-corrected chi connectivity index (χ1v) is 6.23. The van der Waals surface area contributed by atoms with Gasteiger partial charge in [-0.25, -0.2) is 0 Å².